The minimum Gasteiger partial charge on any atom is -0.410 e. The number of para-hydroxylation sites is 1. The summed E-state index contributed by atoms with van der Waals surface area (Å²) < 4.78 is 5.55. The second-order valence-corrected chi connectivity index (χ2v) is 5.73. The van der Waals surface area contributed by atoms with Gasteiger partial charge < -0.3 is 10.1 Å². The SMILES string of the molecule is O=C(NC1CCCCC1)Oc1ccccc1-c1ccccc1. The number of carbonyl (C=O) groups is 1. The third kappa shape index (κ3) is 3.67. The van der Waals surface area contributed by atoms with Gasteiger partial charge >= 0.3 is 6.09 Å². The summed E-state index contributed by atoms with van der Waals surface area (Å²) in [4.78, 5) is 12.1. The Kier molecular flexibility index (Phi) is 4.74. The quantitative estimate of drug-likeness (QED) is 0.885. The lowest BCUT2D eigenvalue weighted by molar-refractivity contribution is 0.192. The molecule has 2 aromatic rings. The van der Waals surface area contributed by atoms with Crippen molar-refractivity contribution < 1.29 is 9.53 Å². The van der Waals surface area contributed by atoms with Gasteiger partial charge in [-0.05, 0) is 24.5 Å². The molecule has 3 rings (SSSR count). The summed E-state index contributed by atoms with van der Waals surface area (Å²) in [6.45, 7) is 0. The molecule has 3 nitrogen and oxygen atoms in total. The zero-order chi connectivity index (χ0) is 15.2. The summed E-state index contributed by atoms with van der Waals surface area (Å²) >= 11 is 0. The zero-order valence-electron chi connectivity index (χ0n) is 12.6. The summed E-state index contributed by atoms with van der Waals surface area (Å²) in [7, 11) is 0. The van der Waals surface area contributed by atoms with Gasteiger partial charge in [0.15, 0.2) is 0 Å². The van der Waals surface area contributed by atoms with E-state index < -0.39 is 0 Å². The Morgan fingerprint density at radius 1 is 0.909 bits per heavy atom. The lowest BCUT2D eigenvalue weighted by Crippen LogP contribution is -2.38. The fourth-order valence-corrected chi connectivity index (χ4v) is 2.95. The van der Waals surface area contributed by atoms with Crippen LogP contribution in [0.1, 0.15) is 32.1 Å². The lowest BCUT2D eigenvalue weighted by atomic mass is 9.96. The second-order valence-electron chi connectivity index (χ2n) is 5.73. The highest BCUT2D eigenvalue weighted by Crippen LogP contribution is 2.29. The Morgan fingerprint density at radius 2 is 1.59 bits per heavy atom. The predicted octanol–water partition coefficient (Wildman–Crippen LogP) is 4.77. The summed E-state index contributed by atoms with van der Waals surface area (Å²) in [5.74, 6) is 0.599. The Bertz CT molecular complexity index is 618. The minimum absolute atomic E-state index is 0.255. The van der Waals surface area contributed by atoms with E-state index in [2.05, 4.69) is 5.32 Å². The average Bonchev–Trinajstić information content (AvgIpc) is 2.57. The minimum atomic E-state index is -0.352. The molecule has 1 aliphatic carbocycles. The maximum atomic E-state index is 12.1. The van der Waals surface area contributed by atoms with Crippen LogP contribution >= 0.6 is 0 Å². The highest BCUT2D eigenvalue weighted by molar-refractivity contribution is 5.77. The molecular weight excluding hydrogens is 274 g/mol. The van der Waals surface area contributed by atoms with Crippen molar-refractivity contribution >= 4 is 6.09 Å². The van der Waals surface area contributed by atoms with Crippen LogP contribution in [0.25, 0.3) is 11.1 Å². The predicted molar refractivity (Wildman–Crippen MR) is 87.9 cm³/mol. The molecule has 1 saturated carbocycles. The summed E-state index contributed by atoms with van der Waals surface area (Å²) in [5.41, 5.74) is 1.98. The standard InChI is InChI=1S/C19H21NO2/c21-19(20-16-11-5-2-6-12-16)22-18-14-8-7-13-17(18)15-9-3-1-4-10-15/h1,3-4,7-10,13-14,16H,2,5-6,11-12H2,(H,20,21). The molecule has 0 radical (unpaired) electrons. The molecule has 1 amide bonds. The number of rotatable bonds is 3. The normalized spacial score (nSPS) is 15.3. The smallest absolute Gasteiger partial charge is 0.410 e. The van der Waals surface area contributed by atoms with Crippen molar-refractivity contribution in [1.82, 2.24) is 5.32 Å². The van der Waals surface area contributed by atoms with Crippen molar-refractivity contribution in [2.45, 2.75) is 38.1 Å². The molecule has 0 bridgehead atoms. The van der Waals surface area contributed by atoms with Crippen LogP contribution < -0.4 is 10.1 Å². The Labute approximate surface area is 131 Å². The summed E-state index contributed by atoms with van der Waals surface area (Å²) in [5, 5.41) is 2.98. The van der Waals surface area contributed by atoms with Crippen molar-refractivity contribution in [3.63, 3.8) is 0 Å². The van der Waals surface area contributed by atoms with Crippen LogP contribution in [0.5, 0.6) is 5.75 Å². The number of hydrogen-bond donors (Lipinski definition) is 1. The third-order valence-corrected chi connectivity index (χ3v) is 4.10. The van der Waals surface area contributed by atoms with E-state index in [0.717, 1.165) is 24.0 Å². The molecule has 0 spiro atoms. The molecule has 1 fully saturated rings. The zero-order valence-corrected chi connectivity index (χ0v) is 12.6. The molecule has 0 atom stereocenters. The first-order valence-corrected chi connectivity index (χ1v) is 7.96. The van der Waals surface area contributed by atoms with E-state index in [9.17, 15) is 4.79 Å². The highest BCUT2D eigenvalue weighted by atomic mass is 16.6. The molecule has 1 N–H and O–H groups in total. The van der Waals surface area contributed by atoms with E-state index >= 15 is 0 Å². The molecule has 0 aliphatic heterocycles. The summed E-state index contributed by atoms with van der Waals surface area (Å²) in [6.07, 6.45) is 5.39. The maximum absolute atomic E-state index is 12.1. The Hall–Kier alpha value is -2.29. The molecular formula is C19H21NO2. The van der Waals surface area contributed by atoms with Gasteiger partial charge in [-0.2, -0.15) is 0 Å². The van der Waals surface area contributed by atoms with Crippen molar-refractivity contribution in [2.75, 3.05) is 0 Å². The van der Waals surface area contributed by atoms with Gasteiger partial charge in [-0.25, -0.2) is 4.79 Å². The molecule has 0 unspecified atom stereocenters. The highest BCUT2D eigenvalue weighted by Gasteiger charge is 2.17. The molecule has 2 aromatic carbocycles. The van der Waals surface area contributed by atoms with E-state index in [0.29, 0.717) is 5.75 Å². The number of carbonyl (C=O) groups excluding carboxylic acids is 1. The van der Waals surface area contributed by atoms with Crippen LogP contribution in [0.3, 0.4) is 0 Å². The first kappa shape index (κ1) is 14.6. The number of hydrogen-bond acceptors (Lipinski definition) is 2. The van der Waals surface area contributed by atoms with Gasteiger partial charge in [0, 0.05) is 11.6 Å². The van der Waals surface area contributed by atoms with Gasteiger partial charge in [-0.1, -0.05) is 67.8 Å². The van der Waals surface area contributed by atoms with Gasteiger partial charge in [0.1, 0.15) is 5.75 Å². The first-order valence-electron chi connectivity index (χ1n) is 7.96. The lowest BCUT2D eigenvalue weighted by Gasteiger charge is -2.22. The van der Waals surface area contributed by atoms with Gasteiger partial charge in [0.05, 0.1) is 0 Å². The van der Waals surface area contributed by atoms with Crippen molar-refractivity contribution in [1.29, 1.82) is 0 Å². The van der Waals surface area contributed by atoms with Crippen LogP contribution in [-0.2, 0) is 0 Å². The first-order chi connectivity index (χ1) is 10.8. The third-order valence-electron chi connectivity index (χ3n) is 4.10. The van der Waals surface area contributed by atoms with Crippen molar-refractivity contribution in [3.8, 4) is 16.9 Å². The van der Waals surface area contributed by atoms with Gasteiger partial charge in [0.25, 0.3) is 0 Å². The van der Waals surface area contributed by atoms with Gasteiger partial charge in [0.2, 0.25) is 0 Å². The molecule has 22 heavy (non-hydrogen) atoms. The van der Waals surface area contributed by atoms with Gasteiger partial charge in [-0.3, -0.25) is 0 Å². The van der Waals surface area contributed by atoms with Gasteiger partial charge in [-0.15, -0.1) is 0 Å². The fraction of sp³-hybridized carbons (Fsp3) is 0.316. The molecule has 0 heterocycles. The van der Waals surface area contributed by atoms with E-state index in [1.807, 2.05) is 54.6 Å². The topological polar surface area (TPSA) is 38.3 Å². The molecule has 0 saturated heterocycles. The average molecular weight is 295 g/mol. The Balaban J connectivity index is 1.71. The van der Waals surface area contributed by atoms with Crippen LogP contribution in [0.4, 0.5) is 4.79 Å². The Morgan fingerprint density at radius 3 is 2.36 bits per heavy atom. The molecule has 114 valence electrons. The number of benzene rings is 2. The molecule has 1 aliphatic rings. The molecule has 3 heteroatoms. The second kappa shape index (κ2) is 7.12. The number of amides is 1. The molecule has 0 aromatic heterocycles. The van der Waals surface area contributed by atoms with Crippen LogP contribution in [0.15, 0.2) is 54.6 Å². The van der Waals surface area contributed by atoms with Crippen LogP contribution in [-0.4, -0.2) is 12.1 Å². The van der Waals surface area contributed by atoms with E-state index in [4.69, 9.17) is 4.74 Å². The van der Waals surface area contributed by atoms with Crippen LogP contribution in [0.2, 0.25) is 0 Å². The largest absolute Gasteiger partial charge is 0.412 e. The fourth-order valence-electron chi connectivity index (χ4n) is 2.95. The maximum Gasteiger partial charge on any atom is 0.412 e. The van der Waals surface area contributed by atoms with E-state index in [1.165, 1.54) is 19.3 Å². The van der Waals surface area contributed by atoms with Crippen LogP contribution in [0, 0.1) is 0 Å². The van der Waals surface area contributed by atoms with E-state index in [-0.39, 0.29) is 12.1 Å². The van der Waals surface area contributed by atoms with Crippen molar-refractivity contribution in [3.05, 3.63) is 54.6 Å². The van der Waals surface area contributed by atoms with E-state index in [1.54, 1.807) is 0 Å². The number of ether oxygens (including phenoxy) is 1. The number of nitrogens with one attached hydrogen (secondary N) is 1. The van der Waals surface area contributed by atoms with Crippen molar-refractivity contribution in [2.24, 2.45) is 0 Å². The summed E-state index contributed by atoms with van der Waals surface area (Å²) in [6, 6.07) is 17.9. The monoisotopic (exact) mass is 295 g/mol.